The average Bonchev–Trinajstić information content (AvgIpc) is 2.51. The smallest absolute Gasteiger partial charge is 0.161 e. The molecule has 0 heterocycles. The summed E-state index contributed by atoms with van der Waals surface area (Å²) >= 11 is 0. The molecule has 2 aliphatic rings. The highest BCUT2D eigenvalue weighted by Crippen LogP contribution is 2.59. The maximum Gasteiger partial charge on any atom is 0.161 e. The lowest BCUT2D eigenvalue weighted by atomic mass is 9.49. The Morgan fingerprint density at radius 2 is 2.09 bits per heavy atom. The Labute approximate surface area is 136 Å². The Bertz CT molecular complexity index is 644. The Morgan fingerprint density at radius 3 is 2.78 bits per heavy atom. The number of phenols is 2. The maximum absolute atomic E-state index is 12.3. The molecule has 5 nitrogen and oxygen atoms in total. The van der Waals surface area contributed by atoms with E-state index in [-0.39, 0.29) is 29.6 Å². The number of benzene rings is 1. The van der Waals surface area contributed by atoms with E-state index in [4.69, 9.17) is 0 Å². The first-order valence-corrected chi connectivity index (χ1v) is 8.28. The minimum atomic E-state index is -1.05. The number of nitrogens with one attached hydrogen (secondary N) is 1. The number of carbonyl (C=O) groups excluding carboxylic acids is 1. The largest absolute Gasteiger partial charge is 0.504 e. The zero-order valence-corrected chi connectivity index (χ0v) is 13.7. The number of aliphatic hydroxyl groups is 1. The van der Waals surface area contributed by atoms with Gasteiger partial charge in [-0.2, -0.15) is 0 Å². The van der Waals surface area contributed by atoms with Gasteiger partial charge in [0.05, 0.1) is 5.60 Å². The van der Waals surface area contributed by atoms with Gasteiger partial charge in [0.2, 0.25) is 0 Å². The molecule has 0 unspecified atom stereocenters. The third-order valence-corrected chi connectivity index (χ3v) is 5.98. The van der Waals surface area contributed by atoms with Crippen LogP contribution in [0, 0.1) is 5.92 Å². The van der Waals surface area contributed by atoms with Crippen molar-refractivity contribution in [1.29, 1.82) is 0 Å². The van der Waals surface area contributed by atoms with E-state index in [1.165, 1.54) is 6.07 Å². The molecule has 0 bridgehead atoms. The summed E-state index contributed by atoms with van der Waals surface area (Å²) in [5.74, 6) is -0.279. The molecule has 1 aromatic carbocycles. The fraction of sp³-hybridized carbons (Fsp3) is 0.611. The molecule has 0 spiro atoms. The predicted molar refractivity (Wildman–Crippen MR) is 86.7 cm³/mol. The number of phenolic OH excluding ortho intramolecular Hbond substituents is 2. The number of fused-ring (bicyclic) bond motifs is 3. The van der Waals surface area contributed by atoms with E-state index in [1.54, 1.807) is 6.07 Å². The highest BCUT2D eigenvalue weighted by molar-refractivity contribution is 5.82. The minimum Gasteiger partial charge on any atom is -0.504 e. The third kappa shape index (κ3) is 2.17. The number of hydrogen-bond donors (Lipinski definition) is 4. The maximum atomic E-state index is 12.3. The van der Waals surface area contributed by atoms with E-state index in [9.17, 15) is 20.1 Å². The van der Waals surface area contributed by atoms with Crippen LogP contribution in [0.5, 0.6) is 11.5 Å². The second-order valence-electron chi connectivity index (χ2n) is 7.15. The van der Waals surface area contributed by atoms with Crippen LogP contribution in [0.2, 0.25) is 0 Å². The first kappa shape index (κ1) is 16.3. The second kappa shape index (κ2) is 5.49. The minimum absolute atomic E-state index is 0.0103. The standard InChI is InChI=1S/C18H25NO4/c1-11-9-12-3-4-14(21)16(22)15(12)17(7-8-19-2)10-13(20)5-6-18(11,17)23/h3-4,11,19,21-23H,5-10H2,1-2H3/t11-,17-,18-/m1/s1. The lowest BCUT2D eigenvalue weighted by molar-refractivity contribution is -0.147. The molecule has 1 saturated carbocycles. The summed E-state index contributed by atoms with van der Waals surface area (Å²) in [5.41, 5.74) is -0.401. The van der Waals surface area contributed by atoms with Gasteiger partial charge >= 0.3 is 0 Å². The van der Waals surface area contributed by atoms with Gasteiger partial charge in [-0.25, -0.2) is 0 Å². The molecule has 0 saturated heterocycles. The van der Waals surface area contributed by atoms with Crippen molar-refractivity contribution >= 4 is 5.78 Å². The molecule has 1 aromatic rings. The van der Waals surface area contributed by atoms with E-state index in [1.807, 2.05) is 14.0 Å². The van der Waals surface area contributed by atoms with E-state index in [2.05, 4.69) is 5.32 Å². The third-order valence-electron chi connectivity index (χ3n) is 5.98. The zero-order valence-electron chi connectivity index (χ0n) is 13.7. The predicted octanol–water partition coefficient (Wildman–Crippen LogP) is 1.62. The Morgan fingerprint density at radius 1 is 1.35 bits per heavy atom. The summed E-state index contributed by atoms with van der Waals surface area (Å²) in [6.45, 7) is 2.63. The van der Waals surface area contributed by atoms with Crippen LogP contribution in [0.15, 0.2) is 12.1 Å². The van der Waals surface area contributed by atoms with Gasteiger partial charge in [0.1, 0.15) is 5.78 Å². The lowest BCUT2D eigenvalue weighted by Gasteiger charge is -2.57. The van der Waals surface area contributed by atoms with Crippen molar-refractivity contribution < 1.29 is 20.1 Å². The fourth-order valence-electron chi connectivity index (χ4n) is 4.76. The second-order valence-corrected chi connectivity index (χ2v) is 7.15. The van der Waals surface area contributed by atoms with Crippen molar-refractivity contribution in [3.63, 3.8) is 0 Å². The topological polar surface area (TPSA) is 89.8 Å². The van der Waals surface area contributed by atoms with Crippen LogP contribution in [0.4, 0.5) is 0 Å². The Kier molecular flexibility index (Phi) is 3.89. The summed E-state index contributed by atoms with van der Waals surface area (Å²) in [5, 5.41) is 35.2. The molecule has 3 rings (SSSR count). The molecular weight excluding hydrogens is 294 g/mol. The molecule has 5 heteroatoms. The van der Waals surface area contributed by atoms with Crippen molar-refractivity contribution in [2.24, 2.45) is 5.92 Å². The number of aromatic hydroxyl groups is 2. The van der Waals surface area contributed by atoms with Gasteiger partial charge in [-0.15, -0.1) is 0 Å². The number of ketones is 1. The molecule has 0 radical (unpaired) electrons. The molecule has 0 aromatic heterocycles. The van der Waals surface area contributed by atoms with Gasteiger partial charge < -0.3 is 20.6 Å². The summed E-state index contributed by atoms with van der Waals surface area (Å²) in [4.78, 5) is 12.3. The van der Waals surface area contributed by atoms with Gasteiger partial charge in [0, 0.05) is 23.8 Å². The summed E-state index contributed by atoms with van der Waals surface area (Å²) < 4.78 is 0. The van der Waals surface area contributed by atoms with Crippen molar-refractivity contribution in [2.45, 2.75) is 50.0 Å². The number of hydrogen-bond acceptors (Lipinski definition) is 5. The van der Waals surface area contributed by atoms with Crippen LogP contribution in [0.1, 0.15) is 43.7 Å². The number of rotatable bonds is 3. The van der Waals surface area contributed by atoms with E-state index in [0.29, 0.717) is 37.8 Å². The van der Waals surface area contributed by atoms with Crippen LogP contribution in [-0.2, 0) is 16.6 Å². The molecule has 2 aliphatic carbocycles. The van der Waals surface area contributed by atoms with E-state index in [0.717, 1.165) is 5.56 Å². The Hall–Kier alpha value is -1.59. The van der Waals surface area contributed by atoms with Gasteiger partial charge in [0.25, 0.3) is 0 Å². The van der Waals surface area contributed by atoms with Gasteiger partial charge in [-0.05, 0) is 50.4 Å². The summed E-state index contributed by atoms with van der Waals surface area (Å²) in [6, 6.07) is 3.29. The van der Waals surface area contributed by atoms with Gasteiger partial charge in [-0.1, -0.05) is 13.0 Å². The van der Waals surface area contributed by atoms with Crippen LogP contribution >= 0.6 is 0 Å². The monoisotopic (exact) mass is 319 g/mol. The highest BCUT2D eigenvalue weighted by Gasteiger charge is 2.60. The normalized spacial score (nSPS) is 33.2. The quantitative estimate of drug-likeness (QED) is 0.636. The highest BCUT2D eigenvalue weighted by atomic mass is 16.3. The Balaban J connectivity index is 2.27. The number of carbonyl (C=O) groups is 1. The zero-order chi connectivity index (χ0) is 16.8. The molecule has 126 valence electrons. The summed E-state index contributed by atoms with van der Waals surface area (Å²) in [6.07, 6.45) is 2.16. The van der Waals surface area contributed by atoms with E-state index >= 15 is 0 Å². The van der Waals surface area contributed by atoms with Gasteiger partial charge in [-0.3, -0.25) is 4.79 Å². The summed E-state index contributed by atoms with van der Waals surface area (Å²) in [7, 11) is 1.83. The molecule has 0 amide bonds. The van der Waals surface area contributed by atoms with Gasteiger partial charge in [0.15, 0.2) is 11.5 Å². The van der Waals surface area contributed by atoms with Crippen molar-refractivity contribution in [3.8, 4) is 11.5 Å². The first-order chi connectivity index (χ1) is 10.9. The molecular formula is C18H25NO4. The molecule has 4 N–H and O–H groups in total. The molecule has 0 aliphatic heterocycles. The van der Waals surface area contributed by atoms with Crippen LogP contribution in [0.3, 0.4) is 0 Å². The fourth-order valence-corrected chi connectivity index (χ4v) is 4.76. The van der Waals surface area contributed by atoms with Crippen LogP contribution in [0.25, 0.3) is 0 Å². The average molecular weight is 319 g/mol. The van der Waals surface area contributed by atoms with Crippen LogP contribution < -0.4 is 5.32 Å². The SMILES string of the molecule is CNCC[C@]12CC(=O)CC[C@@]1(O)[C@H](C)Cc1ccc(O)c(O)c12. The number of Topliss-reactive ketones (excluding diaryl/α,β-unsaturated/α-hetero) is 1. The van der Waals surface area contributed by atoms with Crippen LogP contribution in [-0.4, -0.2) is 40.3 Å². The lowest BCUT2D eigenvalue weighted by Crippen LogP contribution is -2.63. The van der Waals surface area contributed by atoms with Crippen molar-refractivity contribution in [2.75, 3.05) is 13.6 Å². The van der Waals surface area contributed by atoms with Crippen molar-refractivity contribution in [1.82, 2.24) is 5.32 Å². The first-order valence-electron chi connectivity index (χ1n) is 8.28. The molecule has 3 atom stereocenters. The van der Waals surface area contributed by atoms with Crippen molar-refractivity contribution in [3.05, 3.63) is 23.3 Å². The molecule has 1 fully saturated rings. The van der Waals surface area contributed by atoms with E-state index < -0.39 is 11.0 Å². The molecule has 23 heavy (non-hydrogen) atoms.